The molecule has 3 aromatic carbocycles. The summed E-state index contributed by atoms with van der Waals surface area (Å²) in [4.78, 5) is 19.9. The molecule has 0 spiro atoms. The van der Waals surface area contributed by atoms with Crippen LogP contribution in [0.5, 0.6) is 0 Å². The fourth-order valence-corrected chi connectivity index (χ4v) is 6.22. The fraction of sp³-hybridized carbons (Fsp3) is 0.286. The van der Waals surface area contributed by atoms with E-state index in [4.69, 9.17) is 0 Å². The van der Waals surface area contributed by atoms with E-state index in [-0.39, 0.29) is 10.8 Å². The van der Waals surface area contributed by atoms with Crippen molar-refractivity contribution < 1.29 is 13.2 Å². The molecule has 3 aromatic rings. The van der Waals surface area contributed by atoms with Gasteiger partial charge < -0.3 is 4.90 Å². The normalized spacial score (nSPS) is 17.3. The molecule has 2 aliphatic rings. The molecule has 1 fully saturated rings. The van der Waals surface area contributed by atoms with E-state index < -0.39 is 10.0 Å². The Morgan fingerprint density at radius 2 is 1.63 bits per heavy atom. The Labute approximate surface area is 207 Å². The van der Waals surface area contributed by atoms with Gasteiger partial charge in [0.15, 0.2) is 0 Å². The minimum Gasteiger partial charge on any atom is -0.321 e. The van der Waals surface area contributed by atoms with E-state index in [9.17, 15) is 13.2 Å². The van der Waals surface area contributed by atoms with Crippen molar-refractivity contribution in [2.75, 3.05) is 18.0 Å². The molecule has 7 heteroatoms. The van der Waals surface area contributed by atoms with Gasteiger partial charge in [0.2, 0.25) is 10.0 Å². The lowest BCUT2D eigenvalue weighted by Crippen LogP contribution is -2.29. The van der Waals surface area contributed by atoms with E-state index >= 15 is 0 Å². The zero-order valence-electron chi connectivity index (χ0n) is 20.0. The zero-order chi connectivity index (χ0) is 24.6. The van der Waals surface area contributed by atoms with Crippen LogP contribution in [0, 0.1) is 0 Å². The second kappa shape index (κ2) is 9.40. The highest BCUT2D eigenvalue weighted by Crippen LogP contribution is 2.32. The van der Waals surface area contributed by atoms with Crippen molar-refractivity contribution in [3.8, 4) is 0 Å². The topological polar surface area (TPSA) is 70.0 Å². The number of hydrogen-bond acceptors (Lipinski definition) is 3. The highest BCUT2D eigenvalue weighted by molar-refractivity contribution is 7.89. The van der Waals surface area contributed by atoms with Crippen LogP contribution in [-0.4, -0.2) is 37.6 Å². The lowest BCUT2D eigenvalue weighted by atomic mass is 10.0. The van der Waals surface area contributed by atoms with Crippen molar-refractivity contribution in [3.05, 3.63) is 95.1 Å². The van der Waals surface area contributed by atoms with Gasteiger partial charge in [-0.05, 0) is 60.2 Å². The van der Waals surface area contributed by atoms with E-state index in [0.717, 1.165) is 29.5 Å². The molecule has 1 saturated heterocycles. The Hall–Kier alpha value is -3.29. The van der Waals surface area contributed by atoms with Gasteiger partial charge in [0, 0.05) is 29.9 Å². The maximum atomic E-state index is 13.2. The number of fused-ring (bicyclic) bond motifs is 1. The number of anilines is 1. The van der Waals surface area contributed by atoms with Crippen molar-refractivity contribution in [3.63, 3.8) is 0 Å². The van der Waals surface area contributed by atoms with E-state index in [1.54, 1.807) is 22.5 Å². The number of hydrogen-bond donors (Lipinski definition) is 0. The van der Waals surface area contributed by atoms with Crippen molar-refractivity contribution in [2.24, 2.45) is 4.99 Å². The fourth-order valence-electron chi connectivity index (χ4n) is 4.66. The van der Waals surface area contributed by atoms with Gasteiger partial charge in [-0.25, -0.2) is 8.42 Å². The highest BCUT2D eigenvalue weighted by atomic mass is 32.2. The molecule has 0 saturated carbocycles. The third-order valence-corrected chi connectivity index (χ3v) is 8.60. The van der Waals surface area contributed by atoms with E-state index in [1.165, 1.54) is 0 Å². The highest BCUT2D eigenvalue weighted by Gasteiger charge is 2.30. The maximum absolute atomic E-state index is 13.2. The summed E-state index contributed by atoms with van der Waals surface area (Å²) in [5.74, 6) is 0.596. The molecule has 0 bridgehead atoms. The Balaban J connectivity index is 1.52. The lowest BCUT2D eigenvalue weighted by molar-refractivity contribution is 0.100. The number of sulfonamides is 1. The summed E-state index contributed by atoms with van der Waals surface area (Å²) in [6.45, 7) is 5.85. The number of carbonyl (C=O) groups is 1. The maximum Gasteiger partial charge on any atom is 0.278 e. The second-order valence-corrected chi connectivity index (χ2v) is 11.3. The molecule has 0 aliphatic carbocycles. The summed E-state index contributed by atoms with van der Waals surface area (Å²) in [5.41, 5.74) is 4.31. The smallest absolute Gasteiger partial charge is 0.278 e. The molecule has 5 rings (SSSR count). The Morgan fingerprint density at radius 3 is 2.34 bits per heavy atom. The Bertz CT molecular complexity index is 1390. The van der Waals surface area contributed by atoms with E-state index in [1.807, 2.05) is 59.5 Å². The SMILES string of the molecule is CC(C)c1ccc(C(=O)N=C2c3ccccc3CN2c2cccc(S(=O)(=O)N3CCCC3)c2)cc1. The summed E-state index contributed by atoms with van der Waals surface area (Å²) in [6, 6.07) is 22.4. The number of amidine groups is 1. The molecule has 6 nitrogen and oxygen atoms in total. The number of amides is 1. The van der Waals surface area contributed by atoms with Crippen LogP contribution in [0.15, 0.2) is 82.7 Å². The molecular weight excluding hydrogens is 458 g/mol. The number of nitrogens with zero attached hydrogens (tertiary/aromatic N) is 3. The lowest BCUT2D eigenvalue weighted by Gasteiger charge is -2.21. The van der Waals surface area contributed by atoms with Gasteiger partial charge in [0.25, 0.3) is 5.91 Å². The molecular formula is C28H29N3O3S. The van der Waals surface area contributed by atoms with E-state index in [0.29, 0.717) is 42.6 Å². The van der Waals surface area contributed by atoms with Gasteiger partial charge in [-0.15, -0.1) is 0 Å². The number of aliphatic imine (C=N–C) groups is 1. The van der Waals surface area contributed by atoms with Gasteiger partial charge in [-0.3, -0.25) is 4.79 Å². The standard InChI is InChI=1S/C28H29N3O3S/c1-20(2)21-12-14-22(15-13-21)28(32)29-27-26-11-4-3-8-23(26)19-31(27)24-9-7-10-25(18-24)35(33,34)30-16-5-6-17-30/h3-4,7-15,18,20H,5-6,16-17,19H2,1-2H3. The average molecular weight is 488 g/mol. The summed E-state index contributed by atoms with van der Waals surface area (Å²) in [7, 11) is -3.55. The first-order valence-electron chi connectivity index (χ1n) is 12.0. The van der Waals surface area contributed by atoms with Crippen LogP contribution >= 0.6 is 0 Å². The van der Waals surface area contributed by atoms with E-state index in [2.05, 4.69) is 18.8 Å². The minimum atomic E-state index is -3.55. The molecule has 0 unspecified atom stereocenters. The number of benzene rings is 3. The predicted molar refractivity (Wildman–Crippen MR) is 138 cm³/mol. The van der Waals surface area contributed by atoms with Crippen molar-refractivity contribution in [2.45, 2.75) is 44.0 Å². The molecule has 2 heterocycles. The van der Waals surface area contributed by atoms with Crippen LogP contribution in [0.2, 0.25) is 0 Å². The van der Waals surface area contributed by atoms with Crippen LogP contribution < -0.4 is 4.90 Å². The molecule has 0 aromatic heterocycles. The third-order valence-electron chi connectivity index (χ3n) is 6.71. The van der Waals surface area contributed by atoms with Gasteiger partial charge in [-0.1, -0.05) is 56.3 Å². The van der Waals surface area contributed by atoms with Crippen LogP contribution in [-0.2, 0) is 16.6 Å². The predicted octanol–water partition coefficient (Wildman–Crippen LogP) is 5.20. The first-order valence-corrected chi connectivity index (χ1v) is 13.5. The second-order valence-electron chi connectivity index (χ2n) is 9.37. The van der Waals surface area contributed by atoms with Gasteiger partial charge in [0.05, 0.1) is 11.4 Å². The van der Waals surface area contributed by atoms with Crippen LogP contribution in [0.25, 0.3) is 0 Å². The molecule has 0 N–H and O–H groups in total. The number of rotatable bonds is 5. The first kappa shape index (κ1) is 23.5. The summed E-state index contributed by atoms with van der Waals surface area (Å²) in [5, 5.41) is 0. The monoisotopic (exact) mass is 487 g/mol. The minimum absolute atomic E-state index is 0.266. The van der Waals surface area contributed by atoms with Crippen LogP contribution in [0.4, 0.5) is 5.69 Å². The van der Waals surface area contributed by atoms with Crippen molar-refractivity contribution >= 4 is 27.5 Å². The Kier molecular flexibility index (Phi) is 6.30. The first-order chi connectivity index (χ1) is 16.8. The average Bonchev–Trinajstić information content (AvgIpc) is 3.54. The zero-order valence-corrected chi connectivity index (χ0v) is 20.8. The van der Waals surface area contributed by atoms with Gasteiger partial charge in [0.1, 0.15) is 5.84 Å². The van der Waals surface area contributed by atoms with Gasteiger partial charge in [-0.2, -0.15) is 9.30 Å². The quantitative estimate of drug-likeness (QED) is 0.496. The molecule has 180 valence electrons. The van der Waals surface area contributed by atoms with Crippen molar-refractivity contribution in [1.29, 1.82) is 0 Å². The van der Waals surface area contributed by atoms with Crippen LogP contribution in [0.1, 0.15) is 59.7 Å². The Morgan fingerprint density at radius 1 is 0.914 bits per heavy atom. The number of carbonyl (C=O) groups excluding carboxylic acids is 1. The largest absolute Gasteiger partial charge is 0.321 e. The molecule has 0 atom stereocenters. The van der Waals surface area contributed by atoms with Crippen LogP contribution in [0.3, 0.4) is 0 Å². The molecule has 35 heavy (non-hydrogen) atoms. The summed E-state index contributed by atoms with van der Waals surface area (Å²) < 4.78 is 27.9. The molecule has 0 radical (unpaired) electrons. The molecule has 1 amide bonds. The summed E-state index contributed by atoms with van der Waals surface area (Å²) in [6.07, 6.45) is 1.77. The van der Waals surface area contributed by atoms with Crippen molar-refractivity contribution in [1.82, 2.24) is 4.31 Å². The third kappa shape index (κ3) is 4.54. The summed E-state index contributed by atoms with van der Waals surface area (Å²) >= 11 is 0. The molecule has 2 aliphatic heterocycles. The van der Waals surface area contributed by atoms with Gasteiger partial charge >= 0.3 is 0 Å².